The fraction of sp³-hybridized carbons (Fsp3) is 0.556. The van der Waals surface area contributed by atoms with E-state index in [1.165, 1.54) is 6.92 Å². The molecule has 0 saturated carbocycles. The van der Waals surface area contributed by atoms with Crippen LogP contribution >= 0.6 is 0 Å². The summed E-state index contributed by atoms with van der Waals surface area (Å²) in [5.41, 5.74) is 13.3. The molecule has 0 unspecified atom stereocenters. The van der Waals surface area contributed by atoms with Crippen LogP contribution in [0.25, 0.3) is 5.53 Å². The number of nitrogens with one attached hydrogen (secondary N) is 1. The normalized spacial score (nSPS) is 13.1. The third-order valence-corrected chi connectivity index (χ3v) is 1.91. The molecule has 94 valence electrons. The third-order valence-electron chi connectivity index (χ3n) is 1.91. The minimum atomic E-state index is -1.26. The summed E-state index contributed by atoms with van der Waals surface area (Å²) >= 11 is 0. The lowest BCUT2D eigenvalue weighted by molar-refractivity contribution is -0.142. The van der Waals surface area contributed by atoms with Crippen molar-refractivity contribution in [2.45, 2.75) is 31.8 Å². The minimum Gasteiger partial charge on any atom is -0.480 e. The number of carboxylic acids is 1. The molecule has 0 rings (SSSR count). The van der Waals surface area contributed by atoms with E-state index in [2.05, 4.69) is 10.1 Å². The Kier molecular flexibility index (Phi) is 6.39. The van der Waals surface area contributed by atoms with Crippen LogP contribution in [0.3, 0.4) is 0 Å². The Hall–Kier alpha value is -2.05. The molecule has 8 heteroatoms. The van der Waals surface area contributed by atoms with Gasteiger partial charge in [0, 0.05) is 6.42 Å². The Balaban J connectivity index is 4.35. The zero-order valence-electron chi connectivity index (χ0n) is 9.29. The zero-order valence-corrected chi connectivity index (χ0v) is 9.29. The summed E-state index contributed by atoms with van der Waals surface area (Å²) in [7, 11) is 0. The van der Waals surface area contributed by atoms with Gasteiger partial charge in [-0.25, -0.2) is 4.79 Å². The molecule has 0 aliphatic carbocycles. The summed E-state index contributed by atoms with van der Waals surface area (Å²) in [6.45, 7) is 1.41. The van der Waals surface area contributed by atoms with Crippen LogP contribution in [0.2, 0.25) is 0 Å². The zero-order chi connectivity index (χ0) is 13.4. The summed E-state index contributed by atoms with van der Waals surface area (Å²) in [5.74, 6) is -2.40. The van der Waals surface area contributed by atoms with Gasteiger partial charge in [0.1, 0.15) is 6.04 Å². The fourth-order valence-electron chi connectivity index (χ4n) is 0.976. The number of hydrogen-bond donors (Lipinski definition) is 3. The second-order valence-electron chi connectivity index (χ2n) is 3.44. The molecule has 0 radical (unpaired) electrons. The van der Waals surface area contributed by atoms with E-state index in [-0.39, 0.29) is 12.8 Å². The molecule has 0 saturated heterocycles. The quantitative estimate of drug-likeness (QED) is 0.284. The maximum absolute atomic E-state index is 11.2. The minimum absolute atomic E-state index is 0.0986. The summed E-state index contributed by atoms with van der Waals surface area (Å²) in [4.78, 5) is 35.4. The molecule has 0 heterocycles. The van der Waals surface area contributed by atoms with E-state index < -0.39 is 29.7 Å². The van der Waals surface area contributed by atoms with Gasteiger partial charge in [0.05, 0.1) is 6.04 Å². The molecule has 1 amide bonds. The van der Waals surface area contributed by atoms with Crippen molar-refractivity contribution in [3.8, 4) is 0 Å². The van der Waals surface area contributed by atoms with Crippen molar-refractivity contribution in [1.82, 2.24) is 5.32 Å². The Labute approximate surface area is 97.4 Å². The van der Waals surface area contributed by atoms with Crippen LogP contribution < -0.4 is 11.1 Å². The second kappa shape index (κ2) is 7.26. The lowest BCUT2D eigenvalue weighted by Gasteiger charge is -2.14. The molecule has 0 aromatic heterocycles. The van der Waals surface area contributed by atoms with Crippen LogP contribution in [0.1, 0.15) is 19.8 Å². The highest BCUT2D eigenvalue weighted by Gasteiger charge is 2.22. The molecular formula is C9H14N4O4. The number of rotatable bonds is 7. The van der Waals surface area contributed by atoms with Crippen molar-refractivity contribution in [2.24, 2.45) is 5.73 Å². The van der Waals surface area contributed by atoms with Crippen LogP contribution in [-0.2, 0) is 14.4 Å². The lowest BCUT2D eigenvalue weighted by atomic mass is 10.1. The van der Waals surface area contributed by atoms with Crippen molar-refractivity contribution < 1.29 is 24.3 Å². The predicted octanol–water partition coefficient (Wildman–Crippen LogP) is -1.45. The highest BCUT2D eigenvalue weighted by atomic mass is 16.4. The number of aliphatic carboxylic acids is 1. The smallest absolute Gasteiger partial charge is 0.326 e. The monoisotopic (exact) mass is 242 g/mol. The first-order chi connectivity index (χ1) is 7.88. The van der Waals surface area contributed by atoms with Gasteiger partial charge in [-0.1, -0.05) is 0 Å². The topological polar surface area (TPSA) is 146 Å². The van der Waals surface area contributed by atoms with Gasteiger partial charge in [-0.2, -0.15) is 4.79 Å². The molecule has 4 N–H and O–H groups in total. The molecule has 8 nitrogen and oxygen atoms in total. The highest BCUT2D eigenvalue weighted by Crippen LogP contribution is 1.98. The molecule has 0 aromatic carbocycles. The molecule has 0 spiro atoms. The Bertz CT molecular complexity index is 360. The number of carbonyl (C=O) groups excluding carboxylic acids is 2. The van der Waals surface area contributed by atoms with Gasteiger partial charge in [0.25, 0.3) is 0 Å². The first-order valence-electron chi connectivity index (χ1n) is 4.87. The Morgan fingerprint density at radius 2 is 2.12 bits per heavy atom. The van der Waals surface area contributed by atoms with Crippen LogP contribution in [0, 0.1) is 0 Å². The first kappa shape index (κ1) is 14.9. The number of hydrogen-bond acceptors (Lipinski definition) is 4. The number of carbonyl (C=O) groups is 3. The van der Waals surface area contributed by atoms with Gasteiger partial charge >= 0.3 is 12.2 Å². The maximum Gasteiger partial charge on any atom is 0.326 e. The summed E-state index contributed by atoms with van der Waals surface area (Å²) < 4.78 is 0. The van der Waals surface area contributed by atoms with E-state index in [9.17, 15) is 14.4 Å². The molecule has 2 atom stereocenters. The van der Waals surface area contributed by atoms with E-state index >= 15 is 0 Å². The molecule has 0 fully saturated rings. The molecule has 0 aromatic rings. The van der Waals surface area contributed by atoms with Gasteiger partial charge in [0.15, 0.2) is 0 Å². The third kappa shape index (κ3) is 6.18. The van der Waals surface area contributed by atoms with Crippen LogP contribution in [0.15, 0.2) is 0 Å². The first-order valence-corrected chi connectivity index (χ1v) is 4.87. The van der Waals surface area contributed by atoms with Gasteiger partial charge in [-0.3, -0.25) is 9.59 Å². The SMILES string of the molecule is C[C@H](N)C(=O)N[C@@H](CCC(=O)C=[N+]=[N-])C(=O)O. The van der Waals surface area contributed by atoms with Crippen molar-refractivity contribution in [3.63, 3.8) is 0 Å². The van der Waals surface area contributed by atoms with Crippen molar-refractivity contribution in [2.75, 3.05) is 0 Å². The van der Waals surface area contributed by atoms with E-state index in [4.69, 9.17) is 16.4 Å². The Morgan fingerprint density at radius 1 is 1.53 bits per heavy atom. The average molecular weight is 242 g/mol. The molecule has 0 bridgehead atoms. The van der Waals surface area contributed by atoms with E-state index in [0.29, 0.717) is 6.21 Å². The van der Waals surface area contributed by atoms with Crippen LogP contribution in [-0.4, -0.2) is 45.9 Å². The summed E-state index contributed by atoms with van der Waals surface area (Å²) in [5, 5.41) is 11.0. The van der Waals surface area contributed by atoms with Crippen molar-refractivity contribution >= 4 is 23.9 Å². The maximum atomic E-state index is 11.2. The lowest BCUT2D eigenvalue weighted by Crippen LogP contribution is -2.47. The Morgan fingerprint density at radius 3 is 2.53 bits per heavy atom. The number of nitrogens with zero attached hydrogens (tertiary/aromatic N) is 2. The number of amides is 1. The number of ketones is 1. The van der Waals surface area contributed by atoms with Gasteiger partial charge in [-0.05, 0) is 13.3 Å². The van der Waals surface area contributed by atoms with Gasteiger partial charge in [-0.15, -0.1) is 0 Å². The van der Waals surface area contributed by atoms with Gasteiger partial charge < -0.3 is 21.7 Å². The van der Waals surface area contributed by atoms with Gasteiger partial charge in [0.2, 0.25) is 11.7 Å². The van der Waals surface area contributed by atoms with E-state index in [0.717, 1.165) is 0 Å². The number of nitrogens with two attached hydrogens (primary N) is 1. The van der Waals surface area contributed by atoms with Crippen molar-refractivity contribution in [1.29, 1.82) is 0 Å². The number of carboxylic acid groups (broad SMARTS) is 1. The number of Topliss-reactive ketones (excluding diaryl/α,β-unsaturated/α-hetero) is 1. The van der Waals surface area contributed by atoms with Crippen molar-refractivity contribution in [3.05, 3.63) is 5.53 Å². The highest BCUT2D eigenvalue weighted by molar-refractivity contribution is 6.25. The molecule has 0 aliphatic heterocycles. The molecule has 17 heavy (non-hydrogen) atoms. The summed E-state index contributed by atoms with van der Waals surface area (Å²) in [6.07, 6.45) is 0.422. The predicted molar refractivity (Wildman–Crippen MR) is 57.1 cm³/mol. The summed E-state index contributed by atoms with van der Waals surface area (Å²) in [6, 6.07) is -2.02. The van der Waals surface area contributed by atoms with E-state index in [1.54, 1.807) is 0 Å². The second-order valence-corrected chi connectivity index (χ2v) is 3.44. The van der Waals surface area contributed by atoms with E-state index in [1.807, 2.05) is 0 Å². The largest absolute Gasteiger partial charge is 0.480 e. The van der Waals surface area contributed by atoms with Crippen LogP contribution in [0.4, 0.5) is 0 Å². The molecular weight excluding hydrogens is 228 g/mol. The molecule has 0 aliphatic rings. The standard InChI is InChI=1S/C9H14N4O4/c1-5(10)8(15)13-7(9(16)17)3-2-6(14)4-12-11/h4-5,7H,2-3,10H2,1H3,(H,13,15)(H,16,17)/t5-,7-/m0/s1. The fourth-order valence-corrected chi connectivity index (χ4v) is 0.976. The van der Waals surface area contributed by atoms with Crippen LogP contribution in [0.5, 0.6) is 0 Å². The average Bonchev–Trinajstić information content (AvgIpc) is 2.23.